The van der Waals surface area contributed by atoms with Gasteiger partial charge in [-0.1, -0.05) is 96.3 Å². The molecule has 3 aromatic heterocycles. The molecule has 6 heteroatoms. The van der Waals surface area contributed by atoms with Gasteiger partial charge in [-0.25, -0.2) is 4.98 Å². The number of pyridine rings is 1. The Hall–Kier alpha value is -4.47. The number of rotatable bonds is 11. The number of ether oxygens (including phenoxy) is 1. The van der Waals surface area contributed by atoms with E-state index < -0.39 is 0 Å². The summed E-state index contributed by atoms with van der Waals surface area (Å²) in [5.41, 5.74) is 12.9. The molecule has 0 N–H and O–H groups in total. The van der Waals surface area contributed by atoms with Crippen LogP contribution in [-0.4, -0.2) is 19.3 Å². The van der Waals surface area contributed by atoms with E-state index in [1.807, 2.05) is 12.3 Å². The minimum absolute atomic E-state index is 0. The second-order valence-electron chi connectivity index (χ2n) is 14.4. The van der Waals surface area contributed by atoms with Crippen LogP contribution in [0.25, 0.3) is 44.4 Å². The molecule has 0 aliphatic heterocycles. The third kappa shape index (κ3) is 7.00. The normalized spacial score (nSPS) is 11.6. The first-order chi connectivity index (χ1) is 24.7. The van der Waals surface area contributed by atoms with Gasteiger partial charge in [0.15, 0.2) is 0 Å². The van der Waals surface area contributed by atoms with Gasteiger partial charge in [0.25, 0.3) is 0 Å². The Bertz CT molecular complexity index is 2340. The van der Waals surface area contributed by atoms with Crippen LogP contribution in [0.1, 0.15) is 99.9 Å². The van der Waals surface area contributed by atoms with Crippen LogP contribution in [-0.2, 0) is 33.9 Å². The maximum Gasteiger partial charge on any atom is 2.00 e. The first kappa shape index (κ1) is 37.3. The molecule has 0 unspecified atom stereocenters. The molecule has 0 spiro atoms. The maximum absolute atomic E-state index is 6.71. The zero-order chi connectivity index (χ0) is 35.8. The maximum atomic E-state index is 6.71. The summed E-state index contributed by atoms with van der Waals surface area (Å²) in [6.45, 7) is 17.8. The average molecular weight is 868 g/mol. The molecule has 3 heterocycles. The summed E-state index contributed by atoms with van der Waals surface area (Å²) in [6.07, 6.45) is 5.77. The molecule has 7 aromatic rings. The molecule has 268 valence electrons. The Morgan fingerprint density at radius 1 is 0.712 bits per heavy atom. The van der Waals surface area contributed by atoms with Gasteiger partial charge in [0, 0.05) is 34.5 Å². The topological polar surface area (TPSA) is 44.9 Å². The van der Waals surface area contributed by atoms with Crippen LogP contribution in [0.4, 0.5) is 0 Å². The van der Waals surface area contributed by atoms with Gasteiger partial charge in [0.2, 0.25) is 0 Å². The fraction of sp³-hybridized carbons (Fsp3) is 0.304. The van der Waals surface area contributed by atoms with E-state index >= 15 is 0 Å². The molecule has 0 bridgehead atoms. The van der Waals surface area contributed by atoms with Crippen LogP contribution >= 0.6 is 0 Å². The molecule has 4 aromatic carbocycles. The first-order valence-electron chi connectivity index (χ1n) is 18.5. The molecule has 0 aliphatic carbocycles. The number of benzene rings is 4. The summed E-state index contributed by atoms with van der Waals surface area (Å²) >= 11 is 0. The van der Waals surface area contributed by atoms with Crippen LogP contribution < -0.4 is 4.74 Å². The third-order valence-corrected chi connectivity index (χ3v) is 9.95. The minimum Gasteiger partial charge on any atom is -0.509 e. The third-order valence-electron chi connectivity index (χ3n) is 9.95. The minimum atomic E-state index is 0. The van der Waals surface area contributed by atoms with Crippen molar-refractivity contribution in [1.82, 2.24) is 19.3 Å². The van der Waals surface area contributed by atoms with Crippen LogP contribution in [0, 0.1) is 26.0 Å². The fourth-order valence-corrected chi connectivity index (χ4v) is 7.34. The van der Waals surface area contributed by atoms with Gasteiger partial charge in [-0.2, -0.15) is 11.2 Å². The molecule has 0 aliphatic rings. The van der Waals surface area contributed by atoms with Crippen molar-refractivity contribution in [2.45, 2.75) is 92.9 Å². The number of nitrogens with zero attached hydrogens (tertiary/aromatic N) is 4. The van der Waals surface area contributed by atoms with Crippen molar-refractivity contribution in [3.05, 3.63) is 131 Å². The van der Waals surface area contributed by atoms with Crippen LogP contribution in [0.15, 0.2) is 85.1 Å². The molecule has 5 nitrogen and oxygen atoms in total. The predicted octanol–water partition coefficient (Wildman–Crippen LogP) is 12.2. The Morgan fingerprint density at radius 3 is 2.15 bits per heavy atom. The zero-order valence-electron chi connectivity index (χ0n) is 31.6. The predicted molar refractivity (Wildman–Crippen MR) is 211 cm³/mol. The van der Waals surface area contributed by atoms with E-state index in [0.29, 0.717) is 17.4 Å². The Morgan fingerprint density at radius 2 is 1.44 bits per heavy atom. The summed E-state index contributed by atoms with van der Waals surface area (Å²) in [5, 5.41) is 7.61. The van der Waals surface area contributed by atoms with Crippen molar-refractivity contribution < 1.29 is 25.8 Å². The second-order valence-corrected chi connectivity index (χ2v) is 14.4. The van der Waals surface area contributed by atoms with E-state index in [4.69, 9.17) is 14.8 Å². The van der Waals surface area contributed by atoms with Crippen molar-refractivity contribution in [1.29, 1.82) is 0 Å². The van der Waals surface area contributed by atoms with Gasteiger partial charge >= 0.3 is 21.1 Å². The number of hydrogen-bond donors (Lipinski definition) is 0. The van der Waals surface area contributed by atoms with E-state index in [0.717, 1.165) is 64.7 Å². The van der Waals surface area contributed by atoms with Crippen LogP contribution in [0.3, 0.4) is 0 Å². The first-order valence-corrected chi connectivity index (χ1v) is 18.5. The van der Waals surface area contributed by atoms with E-state index in [1.165, 1.54) is 39.1 Å². The number of aromatic nitrogens is 4. The fourth-order valence-electron chi connectivity index (χ4n) is 7.34. The summed E-state index contributed by atoms with van der Waals surface area (Å²) in [7, 11) is 0. The second kappa shape index (κ2) is 15.6. The quantitative estimate of drug-likeness (QED) is 0.122. The monoisotopic (exact) mass is 867 g/mol. The number of fused-ring (bicyclic) bond motifs is 3. The summed E-state index contributed by atoms with van der Waals surface area (Å²) in [4.78, 5) is 4.82. The smallest absolute Gasteiger partial charge is 0.509 e. The summed E-state index contributed by atoms with van der Waals surface area (Å²) in [6, 6.07) is 35.1. The molecule has 52 heavy (non-hydrogen) atoms. The number of para-hydroxylation sites is 1. The molecule has 0 radical (unpaired) electrons. The molecule has 0 atom stereocenters. The zero-order valence-corrected chi connectivity index (χ0v) is 33.9. The van der Waals surface area contributed by atoms with Gasteiger partial charge in [-0.05, 0) is 90.1 Å². The molecule has 0 fully saturated rings. The van der Waals surface area contributed by atoms with Crippen molar-refractivity contribution in [3.63, 3.8) is 0 Å². The molecular formula is C46H48N4OPt. The van der Waals surface area contributed by atoms with Gasteiger partial charge < -0.3 is 9.30 Å². The van der Waals surface area contributed by atoms with Crippen molar-refractivity contribution in [2.75, 3.05) is 0 Å². The molecular weight excluding hydrogens is 820 g/mol. The molecule has 0 saturated carbocycles. The van der Waals surface area contributed by atoms with E-state index in [2.05, 4.69) is 150 Å². The van der Waals surface area contributed by atoms with Gasteiger partial charge in [-0.3, -0.25) is 4.68 Å². The Kier molecular flexibility index (Phi) is 11.2. The summed E-state index contributed by atoms with van der Waals surface area (Å²) < 4.78 is 11.1. The van der Waals surface area contributed by atoms with E-state index in [-0.39, 0.29) is 27.0 Å². The average Bonchev–Trinajstić information content (AvgIpc) is 3.63. The SMILES string of the molecule is CCCc1nn(-c2[c-]c(Oc3[c-]c4c(cc3)c3ccccc3n4-c3cc(C(C)C)ccn3)cc(C(C)C)c2)c(CCC)c1-c1c(C)cccc1C.[Pt+2]. The molecule has 0 saturated heterocycles. The van der Waals surface area contributed by atoms with E-state index in [9.17, 15) is 0 Å². The van der Waals surface area contributed by atoms with Crippen LogP contribution in [0.2, 0.25) is 0 Å². The van der Waals surface area contributed by atoms with E-state index in [1.54, 1.807) is 0 Å². The number of aryl methyl sites for hydroxylation is 3. The largest absolute Gasteiger partial charge is 2.00 e. The van der Waals surface area contributed by atoms with Gasteiger partial charge in [0.05, 0.1) is 5.69 Å². The van der Waals surface area contributed by atoms with Gasteiger partial charge in [0.1, 0.15) is 5.82 Å². The number of hydrogen-bond acceptors (Lipinski definition) is 3. The molecule has 0 amide bonds. The van der Waals surface area contributed by atoms with Gasteiger partial charge in [-0.15, -0.1) is 41.3 Å². The Labute approximate surface area is 323 Å². The van der Waals surface area contributed by atoms with Crippen molar-refractivity contribution in [3.8, 4) is 34.1 Å². The summed E-state index contributed by atoms with van der Waals surface area (Å²) in [5.74, 6) is 2.83. The van der Waals surface area contributed by atoms with Crippen LogP contribution in [0.5, 0.6) is 11.5 Å². The van der Waals surface area contributed by atoms with Crippen molar-refractivity contribution in [2.24, 2.45) is 0 Å². The molecule has 7 rings (SSSR count). The van der Waals surface area contributed by atoms with Crippen molar-refractivity contribution >= 4 is 21.8 Å². The standard InChI is InChI=1S/C46H48N4O.Pt/c1-9-14-40-46(45-31(7)16-13-17-32(45)8)42(15-10-2)50(48-40)35-24-34(30(5)6)25-37(27-35)51-36-20-21-39-38-18-11-12-19-41(38)49(43(39)28-36)44-26-33(29(3)4)22-23-47-44;/h11-13,16-26,29-30H,9-10,14-15H2,1-8H3;/q-2;+2. The Balaban J connectivity index is 0.00000464.